The molecule has 0 amide bonds. The van der Waals surface area contributed by atoms with Gasteiger partial charge in [0.1, 0.15) is 0 Å². The molecule has 0 unspecified atom stereocenters. The molecule has 102 valence electrons. The average Bonchev–Trinajstić information content (AvgIpc) is 2.92. The molecule has 5 heteroatoms. The van der Waals surface area contributed by atoms with Crippen LogP contribution in [-0.2, 0) is 0 Å². The molecular weight excluding hydrogens is 250 g/mol. The molecule has 0 aliphatic rings. The number of nitrogens with two attached hydrogens (primary N) is 1. The Bertz CT molecular complexity index is 702. The van der Waals surface area contributed by atoms with Crippen molar-refractivity contribution in [1.82, 2.24) is 15.0 Å². The molecule has 0 atom stereocenters. The van der Waals surface area contributed by atoms with Crippen LogP contribution in [0.5, 0.6) is 0 Å². The molecule has 3 aromatic rings. The van der Waals surface area contributed by atoms with Crippen molar-refractivity contribution in [2.45, 2.75) is 0 Å². The summed E-state index contributed by atoms with van der Waals surface area (Å²) in [6.07, 6.45) is 5.70. The monoisotopic (exact) mass is 267 g/mol. The van der Waals surface area contributed by atoms with Gasteiger partial charge in [0, 0.05) is 60.8 Å². The fourth-order valence-corrected chi connectivity index (χ4v) is 2.26. The van der Waals surface area contributed by atoms with Gasteiger partial charge in [0.2, 0.25) is 5.95 Å². The van der Waals surface area contributed by atoms with E-state index >= 15 is 0 Å². The number of fused-ring (bicyclic) bond motifs is 1. The molecule has 3 rings (SSSR count). The first-order valence-corrected chi connectivity index (χ1v) is 6.59. The third-order valence-electron chi connectivity index (χ3n) is 3.34. The van der Waals surface area contributed by atoms with Crippen molar-refractivity contribution < 1.29 is 0 Å². The molecule has 0 aliphatic heterocycles. The maximum atomic E-state index is 5.53. The second-order valence-electron chi connectivity index (χ2n) is 4.73. The van der Waals surface area contributed by atoms with Crippen LogP contribution in [-0.4, -0.2) is 35.1 Å². The third-order valence-corrected chi connectivity index (χ3v) is 3.34. The first-order valence-electron chi connectivity index (χ1n) is 6.59. The molecular formula is C15H17N5. The van der Waals surface area contributed by atoms with Gasteiger partial charge in [-0.25, -0.2) is 9.97 Å². The summed E-state index contributed by atoms with van der Waals surface area (Å²) in [6, 6.07) is 8.20. The Morgan fingerprint density at radius 1 is 1.20 bits per heavy atom. The number of nitrogens with one attached hydrogen (secondary N) is 1. The summed E-state index contributed by atoms with van der Waals surface area (Å²) in [5.74, 6) is 0.694. The molecule has 2 aromatic heterocycles. The maximum absolute atomic E-state index is 5.53. The number of anilines is 1. The summed E-state index contributed by atoms with van der Waals surface area (Å²) in [7, 11) is 1.94. The number of benzene rings is 1. The van der Waals surface area contributed by atoms with Crippen molar-refractivity contribution >= 4 is 16.9 Å². The topological polar surface area (TPSA) is 70.8 Å². The molecule has 0 aliphatic carbocycles. The van der Waals surface area contributed by atoms with Gasteiger partial charge in [0.05, 0.1) is 0 Å². The smallest absolute Gasteiger partial charge is 0.225 e. The molecule has 1 aromatic carbocycles. The minimum absolute atomic E-state index is 0.587. The van der Waals surface area contributed by atoms with E-state index in [0.29, 0.717) is 12.5 Å². The summed E-state index contributed by atoms with van der Waals surface area (Å²) in [4.78, 5) is 14.0. The van der Waals surface area contributed by atoms with Crippen molar-refractivity contribution in [1.29, 1.82) is 0 Å². The fourth-order valence-electron chi connectivity index (χ4n) is 2.26. The van der Waals surface area contributed by atoms with E-state index in [1.807, 2.05) is 42.7 Å². The highest BCUT2D eigenvalue weighted by molar-refractivity contribution is 5.95. The zero-order chi connectivity index (χ0) is 13.9. The minimum Gasteiger partial charge on any atom is -0.361 e. The van der Waals surface area contributed by atoms with E-state index < -0.39 is 0 Å². The van der Waals surface area contributed by atoms with E-state index in [4.69, 9.17) is 5.73 Å². The Labute approximate surface area is 117 Å². The maximum Gasteiger partial charge on any atom is 0.225 e. The van der Waals surface area contributed by atoms with Gasteiger partial charge in [-0.1, -0.05) is 18.2 Å². The highest BCUT2D eigenvalue weighted by Crippen LogP contribution is 2.27. The molecule has 0 bridgehead atoms. The standard InChI is InChI=1S/C15H17N5/c1-20(7-6-16)15-18-8-11(9-19-15)13-10-17-14-5-3-2-4-12(13)14/h2-5,8-10,17H,6-7,16H2,1H3. The molecule has 0 saturated heterocycles. The molecule has 5 nitrogen and oxygen atoms in total. The first kappa shape index (κ1) is 12.6. The number of H-pyrrole nitrogens is 1. The number of aromatic amines is 1. The number of para-hydroxylation sites is 1. The van der Waals surface area contributed by atoms with E-state index in [1.165, 1.54) is 5.39 Å². The van der Waals surface area contributed by atoms with Gasteiger partial charge in [-0.2, -0.15) is 0 Å². The lowest BCUT2D eigenvalue weighted by atomic mass is 10.1. The Hall–Kier alpha value is -2.40. The van der Waals surface area contributed by atoms with Gasteiger partial charge < -0.3 is 15.6 Å². The second kappa shape index (κ2) is 5.30. The van der Waals surface area contributed by atoms with Gasteiger partial charge in [-0.3, -0.25) is 0 Å². The molecule has 3 N–H and O–H groups in total. The number of nitrogens with zero attached hydrogens (tertiary/aromatic N) is 3. The quantitative estimate of drug-likeness (QED) is 0.758. The molecule has 0 saturated carbocycles. The van der Waals surface area contributed by atoms with Gasteiger partial charge in [0.25, 0.3) is 0 Å². The van der Waals surface area contributed by atoms with Crippen molar-refractivity contribution in [2.75, 3.05) is 25.0 Å². The van der Waals surface area contributed by atoms with Gasteiger partial charge in [0.15, 0.2) is 0 Å². The Morgan fingerprint density at radius 2 is 1.95 bits per heavy atom. The summed E-state index contributed by atoms with van der Waals surface area (Å²) < 4.78 is 0. The number of hydrogen-bond donors (Lipinski definition) is 2. The molecule has 0 fully saturated rings. The lowest BCUT2D eigenvalue weighted by molar-refractivity contribution is 0.846. The van der Waals surface area contributed by atoms with Crippen LogP contribution in [0.2, 0.25) is 0 Å². The van der Waals surface area contributed by atoms with E-state index in [0.717, 1.165) is 23.2 Å². The zero-order valence-electron chi connectivity index (χ0n) is 11.4. The third kappa shape index (κ3) is 2.23. The Kier molecular flexibility index (Phi) is 3.35. The fraction of sp³-hybridized carbons (Fsp3) is 0.200. The number of aromatic nitrogens is 3. The number of rotatable bonds is 4. The van der Waals surface area contributed by atoms with Crippen LogP contribution < -0.4 is 10.6 Å². The average molecular weight is 267 g/mol. The SMILES string of the molecule is CN(CCN)c1ncc(-c2c[nH]c3ccccc23)cn1. The lowest BCUT2D eigenvalue weighted by Gasteiger charge is -2.15. The molecule has 2 heterocycles. The Balaban J connectivity index is 1.95. The minimum atomic E-state index is 0.587. The predicted molar refractivity (Wildman–Crippen MR) is 81.6 cm³/mol. The van der Waals surface area contributed by atoms with Crippen molar-refractivity contribution in [3.63, 3.8) is 0 Å². The molecule has 0 spiro atoms. The van der Waals surface area contributed by atoms with E-state index in [2.05, 4.69) is 27.1 Å². The van der Waals surface area contributed by atoms with Crippen LogP contribution in [0.4, 0.5) is 5.95 Å². The number of likely N-dealkylation sites (N-methyl/N-ethyl adjacent to an activating group) is 1. The largest absolute Gasteiger partial charge is 0.361 e. The normalized spacial score (nSPS) is 10.9. The van der Waals surface area contributed by atoms with Crippen LogP contribution in [0.3, 0.4) is 0 Å². The van der Waals surface area contributed by atoms with E-state index in [-0.39, 0.29) is 0 Å². The summed E-state index contributed by atoms with van der Waals surface area (Å²) >= 11 is 0. The van der Waals surface area contributed by atoms with E-state index in [9.17, 15) is 0 Å². The summed E-state index contributed by atoms with van der Waals surface area (Å²) in [5.41, 5.74) is 8.78. The lowest BCUT2D eigenvalue weighted by Crippen LogP contribution is -2.26. The van der Waals surface area contributed by atoms with E-state index in [1.54, 1.807) is 0 Å². The second-order valence-corrected chi connectivity index (χ2v) is 4.73. The van der Waals surface area contributed by atoms with Gasteiger partial charge >= 0.3 is 0 Å². The highest BCUT2D eigenvalue weighted by Gasteiger charge is 2.08. The van der Waals surface area contributed by atoms with Crippen molar-refractivity contribution in [2.24, 2.45) is 5.73 Å². The van der Waals surface area contributed by atoms with Gasteiger partial charge in [-0.15, -0.1) is 0 Å². The summed E-state index contributed by atoms with van der Waals surface area (Å²) in [6.45, 7) is 1.33. The van der Waals surface area contributed by atoms with Crippen LogP contribution >= 0.6 is 0 Å². The number of hydrogen-bond acceptors (Lipinski definition) is 4. The zero-order valence-corrected chi connectivity index (χ0v) is 11.4. The van der Waals surface area contributed by atoms with Crippen LogP contribution in [0.1, 0.15) is 0 Å². The molecule has 0 radical (unpaired) electrons. The van der Waals surface area contributed by atoms with Crippen molar-refractivity contribution in [3.05, 3.63) is 42.9 Å². The van der Waals surface area contributed by atoms with Crippen molar-refractivity contribution in [3.8, 4) is 11.1 Å². The van der Waals surface area contributed by atoms with Gasteiger partial charge in [-0.05, 0) is 6.07 Å². The van der Waals surface area contributed by atoms with Crippen LogP contribution in [0.25, 0.3) is 22.0 Å². The predicted octanol–water partition coefficient (Wildman–Crippen LogP) is 2.02. The highest BCUT2D eigenvalue weighted by atomic mass is 15.2. The first-order chi connectivity index (χ1) is 9.79. The summed E-state index contributed by atoms with van der Waals surface area (Å²) in [5, 5.41) is 1.18. The molecule has 20 heavy (non-hydrogen) atoms. The van der Waals surface area contributed by atoms with Crippen LogP contribution in [0.15, 0.2) is 42.9 Å². The Morgan fingerprint density at radius 3 is 2.70 bits per heavy atom. The van der Waals surface area contributed by atoms with Crippen LogP contribution in [0, 0.1) is 0 Å².